The quantitative estimate of drug-likeness (QED) is 0.522. The van der Waals surface area contributed by atoms with Crippen molar-refractivity contribution in [1.82, 2.24) is 9.78 Å². The standard InChI is InChI=1S/C21H16F2N2O3/c1-13(27)5-8-21(28)20-11-19(15-6-7-17(22)18(23)10-15)24-25(20)16-4-2-3-14(9-16)12-26/h2-11,26H,12H2,1H3/b8-5-. The second kappa shape index (κ2) is 8.06. The van der Waals surface area contributed by atoms with E-state index in [1.807, 2.05) is 0 Å². The van der Waals surface area contributed by atoms with Gasteiger partial charge in [-0.3, -0.25) is 9.59 Å². The first-order chi connectivity index (χ1) is 13.4. The summed E-state index contributed by atoms with van der Waals surface area (Å²) in [6, 6.07) is 11.5. The maximum atomic E-state index is 13.6. The fourth-order valence-corrected chi connectivity index (χ4v) is 2.61. The first kappa shape index (κ1) is 19.3. The van der Waals surface area contributed by atoms with E-state index in [0.717, 1.165) is 24.3 Å². The second-order valence-electron chi connectivity index (χ2n) is 6.09. The normalized spacial score (nSPS) is 11.1. The lowest BCUT2D eigenvalue weighted by Crippen LogP contribution is -2.07. The van der Waals surface area contributed by atoms with Crippen LogP contribution >= 0.6 is 0 Å². The van der Waals surface area contributed by atoms with Gasteiger partial charge in [0.2, 0.25) is 5.78 Å². The molecule has 0 saturated heterocycles. The number of carbonyl (C=O) groups is 2. The van der Waals surface area contributed by atoms with E-state index < -0.39 is 17.4 Å². The first-order valence-electron chi connectivity index (χ1n) is 8.37. The number of allylic oxidation sites excluding steroid dienone is 2. The van der Waals surface area contributed by atoms with Gasteiger partial charge >= 0.3 is 0 Å². The van der Waals surface area contributed by atoms with Crippen molar-refractivity contribution in [2.75, 3.05) is 0 Å². The van der Waals surface area contributed by atoms with E-state index in [1.54, 1.807) is 24.3 Å². The van der Waals surface area contributed by atoms with E-state index in [9.17, 15) is 23.5 Å². The predicted octanol–water partition coefficient (Wildman–Crippen LogP) is 3.64. The Balaban J connectivity index is 2.15. The van der Waals surface area contributed by atoms with E-state index in [2.05, 4.69) is 5.10 Å². The zero-order chi connectivity index (χ0) is 20.3. The Morgan fingerprint density at radius 1 is 1.07 bits per heavy atom. The van der Waals surface area contributed by atoms with Gasteiger partial charge in [-0.1, -0.05) is 12.1 Å². The number of nitrogens with zero attached hydrogens (tertiary/aromatic N) is 2. The third-order valence-corrected chi connectivity index (χ3v) is 3.98. The van der Waals surface area contributed by atoms with Gasteiger partial charge in [0.05, 0.1) is 18.0 Å². The predicted molar refractivity (Wildman–Crippen MR) is 99.0 cm³/mol. The van der Waals surface area contributed by atoms with Gasteiger partial charge in [-0.15, -0.1) is 0 Å². The molecular formula is C21H16F2N2O3. The highest BCUT2D eigenvalue weighted by Gasteiger charge is 2.17. The fourth-order valence-electron chi connectivity index (χ4n) is 2.61. The van der Waals surface area contributed by atoms with Crippen LogP contribution in [0.25, 0.3) is 16.9 Å². The number of ketones is 2. The Morgan fingerprint density at radius 3 is 2.54 bits per heavy atom. The Labute approximate surface area is 159 Å². The van der Waals surface area contributed by atoms with Gasteiger partial charge in [-0.05, 0) is 61.0 Å². The number of aromatic nitrogens is 2. The zero-order valence-electron chi connectivity index (χ0n) is 14.9. The number of rotatable bonds is 6. The molecule has 0 saturated carbocycles. The van der Waals surface area contributed by atoms with Gasteiger partial charge in [0, 0.05) is 5.56 Å². The first-order valence-corrected chi connectivity index (χ1v) is 8.37. The number of benzene rings is 2. The van der Waals surface area contributed by atoms with Gasteiger partial charge in [-0.2, -0.15) is 5.10 Å². The highest BCUT2D eigenvalue weighted by Crippen LogP contribution is 2.24. The van der Waals surface area contributed by atoms with Crippen LogP contribution in [-0.2, 0) is 11.4 Å². The van der Waals surface area contributed by atoms with Crippen molar-refractivity contribution in [2.45, 2.75) is 13.5 Å². The van der Waals surface area contributed by atoms with Crippen LogP contribution in [0.5, 0.6) is 0 Å². The number of aliphatic hydroxyl groups excluding tert-OH is 1. The number of hydrogen-bond acceptors (Lipinski definition) is 4. The molecule has 7 heteroatoms. The van der Waals surface area contributed by atoms with Crippen LogP contribution in [0.4, 0.5) is 8.78 Å². The summed E-state index contributed by atoms with van der Waals surface area (Å²) in [7, 11) is 0. The summed E-state index contributed by atoms with van der Waals surface area (Å²) in [5, 5.41) is 13.7. The largest absolute Gasteiger partial charge is 0.392 e. The summed E-state index contributed by atoms with van der Waals surface area (Å²) in [5.41, 5.74) is 1.79. The molecule has 0 unspecified atom stereocenters. The molecular weight excluding hydrogens is 366 g/mol. The van der Waals surface area contributed by atoms with Crippen molar-refractivity contribution in [3.05, 3.63) is 83.6 Å². The Kier molecular flexibility index (Phi) is 5.56. The molecule has 1 heterocycles. The molecule has 0 aliphatic heterocycles. The second-order valence-corrected chi connectivity index (χ2v) is 6.09. The molecule has 1 N–H and O–H groups in total. The average molecular weight is 382 g/mol. The summed E-state index contributed by atoms with van der Waals surface area (Å²) in [6.45, 7) is 1.12. The van der Waals surface area contributed by atoms with E-state index in [-0.39, 0.29) is 23.8 Å². The highest BCUT2D eigenvalue weighted by atomic mass is 19.2. The maximum absolute atomic E-state index is 13.6. The molecule has 28 heavy (non-hydrogen) atoms. The van der Waals surface area contributed by atoms with Crippen molar-refractivity contribution in [1.29, 1.82) is 0 Å². The topological polar surface area (TPSA) is 72.2 Å². The fraction of sp³-hybridized carbons (Fsp3) is 0.0952. The third kappa shape index (κ3) is 4.10. The van der Waals surface area contributed by atoms with Crippen LogP contribution in [0.3, 0.4) is 0 Å². The molecule has 0 aliphatic rings. The minimum absolute atomic E-state index is 0.132. The summed E-state index contributed by atoms with van der Waals surface area (Å²) < 4.78 is 28.2. The van der Waals surface area contributed by atoms with Crippen LogP contribution in [0.1, 0.15) is 23.0 Å². The molecule has 142 valence electrons. The van der Waals surface area contributed by atoms with Gasteiger partial charge in [0.1, 0.15) is 5.69 Å². The van der Waals surface area contributed by atoms with Crippen molar-refractivity contribution in [3.8, 4) is 16.9 Å². The van der Waals surface area contributed by atoms with Gasteiger partial charge in [0.25, 0.3) is 0 Å². The minimum atomic E-state index is -1.03. The van der Waals surface area contributed by atoms with E-state index in [1.165, 1.54) is 23.7 Å². The Bertz CT molecular complexity index is 1090. The number of aliphatic hydroxyl groups is 1. The maximum Gasteiger partial charge on any atom is 0.204 e. The summed E-state index contributed by atoms with van der Waals surface area (Å²) in [5.74, 6) is -2.79. The molecule has 2 aromatic carbocycles. The van der Waals surface area contributed by atoms with E-state index in [0.29, 0.717) is 16.8 Å². The molecule has 5 nitrogen and oxygen atoms in total. The molecule has 0 amide bonds. The molecule has 0 bridgehead atoms. The molecule has 1 aromatic heterocycles. The third-order valence-electron chi connectivity index (χ3n) is 3.98. The molecule has 3 aromatic rings. The lowest BCUT2D eigenvalue weighted by molar-refractivity contribution is -0.112. The SMILES string of the molecule is CC(=O)/C=C\C(=O)c1cc(-c2ccc(F)c(F)c2)nn1-c1cccc(CO)c1. The summed E-state index contributed by atoms with van der Waals surface area (Å²) >= 11 is 0. The summed E-state index contributed by atoms with van der Waals surface area (Å²) in [6.07, 6.45) is 2.27. The van der Waals surface area contributed by atoms with E-state index in [4.69, 9.17) is 0 Å². The zero-order valence-corrected chi connectivity index (χ0v) is 14.9. The van der Waals surface area contributed by atoms with Crippen LogP contribution in [0, 0.1) is 11.6 Å². The van der Waals surface area contributed by atoms with Crippen LogP contribution in [0.2, 0.25) is 0 Å². The Morgan fingerprint density at radius 2 is 1.86 bits per heavy atom. The molecule has 3 rings (SSSR count). The molecule has 0 fully saturated rings. The monoisotopic (exact) mass is 382 g/mol. The van der Waals surface area contributed by atoms with Gasteiger partial charge < -0.3 is 5.11 Å². The van der Waals surface area contributed by atoms with Crippen molar-refractivity contribution in [2.24, 2.45) is 0 Å². The molecule has 0 atom stereocenters. The van der Waals surface area contributed by atoms with Crippen LogP contribution < -0.4 is 0 Å². The van der Waals surface area contributed by atoms with E-state index >= 15 is 0 Å². The molecule has 0 spiro atoms. The number of halogens is 2. The average Bonchev–Trinajstić information content (AvgIpc) is 3.13. The summed E-state index contributed by atoms with van der Waals surface area (Å²) in [4.78, 5) is 23.7. The van der Waals surface area contributed by atoms with Crippen LogP contribution in [-0.4, -0.2) is 26.5 Å². The van der Waals surface area contributed by atoms with Crippen LogP contribution in [0.15, 0.2) is 60.7 Å². The van der Waals surface area contributed by atoms with Crippen molar-refractivity contribution < 1.29 is 23.5 Å². The van der Waals surface area contributed by atoms with Gasteiger partial charge in [-0.25, -0.2) is 13.5 Å². The number of hydrogen-bond donors (Lipinski definition) is 1. The lowest BCUT2D eigenvalue weighted by atomic mass is 10.1. The van der Waals surface area contributed by atoms with Crippen molar-refractivity contribution in [3.63, 3.8) is 0 Å². The lowest BCUT2D eigenvalue weighted by Gasteiger charge is -2.07. The Hall–Kier alpha value is -3.45. The highest BCUT2D eigenvalue weighted by molar-refractivity contribution is 6.07. The molecule has 0 aliphatic carbocycles. The minimum Gasteiger partial charge on any atom is -0.392 e. The van der Waals surface area contributed by atoms with Gasteiger partial charge in [0.15, 0.2) is 17.4 Å². The van der Waals surface area contributed by atoms with Crippen molar-refractivity contribution >= 4 is 11.6 Å². The smallest absolute Gasteiger partial charge is 0.204 e. The molecule has 0 radical (unpaired) electrons. The number of carbonyl (C=O) groups excluding carboxylic acids is 2.